The molecule has 1 heterocycles. The van der Waals surface area contributed by atoms with E-state index in [1.807, 2.05) is 0 Å². The zero-order chi connectivity index (χ0) is 18.4. The minimum Gasteiger partial charge on any atom is -0.332 e. The first-order valence-corrected chi connectivity index (χ1v) is 8.31. The number of anilines is 1. The minimum absolute atomic E-state index is 0. The van der Waals surface area contributed by atoms with Gasteiger partial charge in [0, 0.05) is 6.54 Å². The van der Waals surface area contributed by atoms with Crippen molar-refractivity contribution in [1.82, 2.24) is 10.2 Å². The minimum atomic E-state index is -4.56. The largest absolute Gasteiger partial charge is 0.418 e. The van der Waals surface area contributed by atoms with Crippen LogP contribution < -0.4 is 10.6 Å². The highest BCUT2D eigenvalue weighted by atomic mass is 35.5. The van der Waals surface area contributed by atoms with E-state index in [9.17, 15) is 22.8 Å². The Hall–Kier alpha value is -1.80. The van der Waals surface area contributed by atoms with Gasteiger partial charge in [0.2, 0.25) is 11.8 Å². The van der Waals surface area contributed by atoms with Crippen LogP contribution in [0.25, 0.3) is 0 Å². The molecule has 1 unspecified atom stereocenters. The Labute approximate surface area is 156 Å². The van der Waals surface area contributed by atoms with E-state index in [0.717, 1.165) is 25.5 Å². The molecule has 2 rings (SSSR count). The van der Waals surface area contributed by atoms with Gasteiger partial charge in [0.05, 0.1) is 23.8 Å². The maximum atomic E-state index is 13.0. The topological polar surface area (TPSA) is 61.4 Å². The highest BCUT2D eigenvalue weighted by Gasteiger charge is 2.34. The molecule has 2 amide bonds. The first-order chi connectivity index (χ1) is 11.8. The van der Waals surface area contributed by atoms with E-state index in [1.165, 1.54) is 23.1 Å². The average molecular weight is 394 g/mol. The number of rotatable bonds is 5. The first kappa shape index (κ1) is 22.2. The molecule has 2 N–H and O–H groups in total. The van der Waals surface area contributed by atoms with Crippen molar-refractivity contribution in [2.24, 2.45) is 0 Å². The van der Waals surface area contributed by atoms with Crippen LogP contribution in [0.4, 0.5) is 18.9 Å². The van der Waals surface area contributed by atoms with Crippen LogP contribution in [0.5, 0.6) is 0 Å². The van der Waals surface area contributed by atoms with E-state index in [1.54, 1.807) is 6.92 Å². The van der Waals surface area contributed by atoms with Gasteiger partial charge in [-0.3, -0.25) is 9.59 Å². The van der Waals surface area contributed by atoms with Gasteiger partial charge in [-0.05, 0) is 38.4 Å². The molecule has 0 saturated carbocycles. The summed E-state index contributed by atoms with van der Waals surface area (Å²) in [5.41, 5.74) is -1.22. The molecular formula is C17H23ClF3N3O2. The maximum Gasteiger partial charge on any atom is 0.418 e. The van der Waals surface area contributed by atoms with E-state index in [2.05, 4.69) is 10.6 Å². The number of nitrogens with one attached hydrogen (secondary N) is 2. The molecule has 1 aliphatic rings. The van der Waals surface area contributed by atoms with Crippen molar-refractivity contribution in [3.8, 4) is 0 Å². The number of nitrogens with zero attached hydrogens (tertiary/aromatic N) is 1. The lowest BCUT2D eigenvalue weighted by Crippen LogP contribution is -2.50. The van der Waals surface area contributed by atoms with Crippen LogP contribution in [-0.4, -0.2) is 42.4 Å². The number of hydrogen-bond acceptors (Lipinski definition) is 3. The molecule has 1 saturated heterocycles. The van der Waals surface area contributed by atoms with Gasteiger partial charge in [0.1, 0.15) is 0 Å². The van der Waals surface area contributed by atoms with Gasteiger partial charge in [-0.1, -0.05) is 18.6 Å². The summed E-state index contributed by atoms with van der Waals surface area (Å²) < 4.78 is 38.9. The SMILES string of the molecule is CCN(CC(=O)Nc1ccccc1C(F)(F)F)C(=O)C1CCCCN1.Cl. The van der Waals surface area contributed by atoms with Gasteiger partial charge in [0.15, 0.2) is 0 Å². The standard InChI is InChI=1S/C17H22F3N3O2.ClH/c1-2-23(16(25)14-9-5-6-10-21-14)11-15(24)22-13-8-4-3-7-12(13)17(18,19)20;/h3-4,7-8,14,21H,2,5-6,9-11H2,1H3,(H,22,24);1H. The molecule has 0 spiro atoms. The Morgan fingerprint density at radius 3 is 2.54 bits per heavy atom. The summed E-state index contributed by atoms with van der Waals surface area (Å²) >= 11 is 0. The quantitative estimate of drug-likeness (QED) is 0.808. The number of benzene rings is 1. The predicted molar refractivity (Wildman–Crippen MR) is 95.2 cm³/mol. The maximum absolute atomic E-state index is 13.0. The third-order valence-corrected chi connectivity index (χ3v) is 4.14. The van der Waals surface area contributed by atoms with E-state index in [-0.39, 0.29) is 36.6 Å². The monoisotopic (exact) mass is 393 g/mol. The number of hydrogen-bond donors (Lipinski definition) is 2. The van der Waals surface area contributed by atoms with Crippen molar-refractivity contribution in [3.63, 3.8) is 0 Å². The zero-order valence-electron chi connectivity index (χ0n) is 14.4. The van der Waals surface area contributed by atoms with E-state index in [4.69, 9.17) is 0 Å². The number of amides is 2. The van der Waals surface area contributed by atoms with Crippen LogP contribution in [0.2, 0.25) is 0 Å². The van der Waals surface area contributed by atoms with Crippen LogP contribution in [0.3, 0.4) is 0 Å². The number of halogens is 4. The van der Waals surface area contributed by atoms with Crippen LogP contribution in [0.1, 0.15) is 31.7 Å². The second-order valence-corrected chi connectivity index (χ2v) is 5.95. The molecule has 0 bridgehead atoms. The van der Waals surface area contributed by atoms with Crippen molar-refractivity contribution < 1.29 is 22.8 Å². The predicted octanol–water partition coefficient (Wildman–Crippen LogP) is 3.06. The van der Waals surface area contributed by atoms with Crippen LogP contribution in [-0.2, 0) is 15.8 Å². The number of carbonyl (C=O) groups is 2. The molecule has 146 valence electrons. The van der Waals surface area contributed by atoms with Crippen molar-refractivity contribution in [2.45, 2.75) is 38.4 Å². The Kier molecular flexibility index (Phi) is 8.36. The molecule has 26 heavy (non-hydrogen) atoms. The molecular weight excluding hydrogens is 371 g/mol. The highest BCUT2D eigenvalue weighted by molar-refractivity contribution is 5.96. The molecule has 1 aromatic rings. The first-order valence-electron chi connectivity index (χ1n) is 8.31. The van der Waals surface area contributed by atoms with Crippen molar-refractivity contribution in [1.29, 1.82) is 0 Å². The number of para-hydroxylation sites is 1. The summed E-state index contributed by atoms with van der Waals surface area (Å²) in [6.45, 7) is 2.52. The number of alkyl halides is 3. The Morgan fingerprint density at radius 2 is 1.96 bits per heavy atom. The van der Waals surface area contributed by atoms with E-state index >= 15 is 0 Å². The molecule has 5 nitrogen and oxygen atoms in total. The van der Waals surface area contributed by atoms with Gasteiger partial charge in [-0.15, -0.1) is 12.4 Å². The van der Waals surface area contributed by atoms with Crippen LogP contribution in [0, 0.1) is 0 Å². The zero-order valence-corrected chi connectivity index (χ0v) is 15.3. The van der Waals surface area contributed by atoms with Crippen molar-refractivity contribution >= 4 is 29.9 Å². The average Bonchev–Trinajstić information content (AvgIpc) is 2.59. The lowest BCUT2D eigenvalue weighted by atomic mass is 10.0. The number of carbonyl (C=O) groups excluding carboxylic acids is 2. The second kappa shape index (κ2) is 9.78. The van der Waals surface area contributed by atoms with E-state index in [0.29, 0.717) is 13.0 Å². The number of likely N-dealkylation sites (N-methyl/N-ethyl adjacent to an activating group) is 1. The Morgan fingerprint density at radius 1 is 1.27 bits per heavy atom. The van der Waals surface area contributed by atoms with Gasteiger partial charge >= 0.3 is 6.18 Å². The molecule has 0 aromatic heterocycles. The molecule has 0 aliphatic carbocycles. The molecule has 1 fully saturated rings. The fraction of sp³-hybridized carbons (Fsp3) is 0.529. The summed E-state index contributed by atoms with van der Waals surface area (Å²) in [5.74, 6) is -0.843. The van der Waals surface area contributed by atoms with Crippen molar-refractivity contribution in [2.75, 3.05) is 25.0 Å². The fourth-order valence-corrected chi connectivity index (χ4v) is 2.83. The summed E-state index contributed by atoms with van der Waals surface area (Å²) in [5, 5.41) is 5.38. The van der Waals surface area contributed by atoms with Gasteiger partial charge < -0.3 is 15.5 Å². The normalized spacial score (nSPS) is 17.2. The van der Waals surface area contributed by atoms with Crippen LogP contribution in [0.15, 0.2) is 24.3 Å². The van der Waals surface area contributed by atoms with E-state index < -0.39 is 17.6 Å². The second-order valence-electron chi connectivity index (χ2n) is 5.95. The summed E-state index contributed by atoms with van der Waals surface area (Å²) in [4.78, 5) is 26.0. The van der Waals surface area contributed by atoms with Gasteiger partial charge in [-0.2, -0.15) is 13.2 Å². The van der Waals surface area contributed by atoms with Crippen molar-refractivity contribution in [3.05, 3.63) is 29.8 Å². The van der Waals surface area contributed by atoms with Crippen LogP contribution >= 0.6 is 12.4 Å². The molecule has 1 aromatic carbocycles. The third-order valence-electron chi connectivity index (χ3n) is 4.14. The molecule has 1 atom stereocenters. The van der Waals surface area contributed by atoms with Gasteiger partial charge in [0.25, 0.3) is 0 Å². The summed E-state index contributed by atoms with van der Waals surface area (Å²) in [6.07, 6.45) is -1.92. The summed E-state index contributed by atoms with van der Waals surface area (Å²) in [6, 6.07) is 4.45. The highest BCUT2D eigenvalue weighted by Crippen LogP contribution is 2.34. The number of piperidine rings is 1. The lowest BCUT2D eigenvalue weighted by molar-refractivity contribution is -0.138. The Bertz CT molecular complexity index is 620. The smallest absolute Gasteiger partial charge is 0.332 e. The summed E-state index contributed by atoms with van der Waals surface area (Å²) in [7, 11) is 0. The molecule has 1 aliphatic heterocycles. The lowest BCUT2D eigenvalue weighted by Gasteiger charge is -2.29. The molecule has 0 radical (unpaired) electrons. The van der Waals surface area contributed by atoms with Gasteiger partial charge in [-0.25, -0.2) is 0 Å². The Balaban J connectivity index is 0.00000338. The fourth-order valence-electron chi connectivity index (χ4n) is 2.83. The third kappa shape index (κ3) is 5.88. The molecule has 9 heteroatoms.